The lowest BCUT2D eigenvalue weighted by atomic mass is 10.1. The van der Waals surface area contributed by atoms with Gasteiger partial charge >= 0.3 is 0 Å². The van der Waals surface area contributed by atoms with Gasteiger partial charge in [0.05, 0.1) is 11.9 Å². The molecule has 1 aliphatic heterocycles. The maximum Gasteiger partial charge on any atom is 0.243 e. The van der Waals surface area contributed by atoms with Gasteiger partial charge < -0.3 is 4.90 Å². The van der Waals surface area contributed by atoms with Gasteiger partial charge in [0.2, 0.25) is 15.9 Å². The first kappa shape index (κ1) is 23.0. The average Bonchev–Trinajstić information content (AvgIpc) is 2.74. The SMILES string of the molecule is Cc1cccc(N(CC(=O)N2CCN(C/C=C/c3ccccc3)CC2)S(C)(=O)=O)c1C. The molecule has 1 heterocycles. The van der Waals surface area contributed by atoms with Crippen molar-refractivity contribution in [2.75, 3.05) is 49.8 Å². The topological polar surface area (TPSA) is 60.9 Å². The van der Waals surface area contributed by atoms with Crippen LogP contribution in [0.2, 0.25) is 0 Å². The van der Waals surface area contributed by atoms with Crippen molar-refractivity contribution in [3.63, 3.8) is 0 Å². The normalized spacial score (nSPS) is 15.4. The van der Waals surface area contributed by atoms with Gasteiger partial charge in [0.1, 0.15) is 6.54 Å². The Balaban J connectivity index is 1.58. The molecule has 1 amide bonds. The van der Waals surface area contributed by atoms with E-state index in [2.05, 4.69) is 29.2 Å². The predicted octanol–water partition coefficient (Wildman–Crippen LogP) is 2.93. The zero-order valence-corrected chi connectivity index (χ0v) is 19.3. The fraction of sp³-hybridized carbons (Fsp3) is 0.375. The van der Waals surface area contributed by atoms with E-state index in [4.69, 9.17) is 0 Å². The van der Waals surface area contributed by atoms with Crippen molar-refractivity contribution in [1.29, 1.82) is 0 Å². The molecule has 0 spiro atoms. The Kier molecular flexibility index (Phi) is 7.51. The van der Waals surface area contributed by atoms with Gasteiger partial charge in [0.25, 0.3) is 0 Å². The molecule has 166 valence electrons. The third-order valence-corrected chi connectivity index (χ3v) is 6.85. The van der Waals surface area contributed by atoms with Crippen LogP contribution in [0.5, 0.6) is 0 Å². The van der Waals surface area contributed by atoms with E-state index in [1.807, 2.05) is 44.2 Å². The molecule has 31 heavy (non-hydrogen) atoms. The van der Waals surface area contributed by atoms with Crippen molar-refractivity contribution in [2.45, 2.75) is 13.8 Å². The zero-order chi connectivity index (χ0) is 22.4. The summed E-state index contributed by atoms with van der Waals surface area (Å²) in [6, 6.07) is 15.7. The van der Waals surface area contributed by atoms with Crippen LogP contribution in [0, 0.1) is 13.8 Å². The second kappa shape index (κ2) is 10.1. The molecule has 0 unspecified atom stereocenters. The summed E-state index contributed by atoms with van der Waals surface area (Å²) in [4.78, 5) is 17.0. The number of hydrogen-bond acceptors (Lipinski definition) is 4. The van der Waals surface area contributed by atoms with E-state index in [0.29, 0.717) is 18.8 Å². The number of sulfonamides is 1. The molecule has 0 radical (unpaired) electrons. The number of carbonyl (C=O) groups excluding carboxylic acids is 1. The zero-order valence-electron chi connectivity index (χ0n) is 18.5. The monoisotopic (exact) mass is 441 g/mol. The molecule has 0 bridgehead atoms. The Bertz CT molecular complexity index is 1030. The van der Waals surface area contributed by atoms with Gasteiger partial charge in [-0.25, -0.2) is 8.42 Å². The molecule has 1 fully saturated rings. The molecule has 0 aromatic heterocycles. The lowest BCUT2D eigenvalue weighted by Crippen LogP contribution is -2.51. The summed E-state index contributed by atoms with van der Waals surface area (Å²) in [5.41, 5.74) is 3.61. The van der Waals surface area contributed by atoms with Crippen molar-refractivity contribution in [1.82, 2.24) is 9.80 Å². The molecule has 2 aromatic rings. The molecule has 3 rings (SSSR count). The highest BCUT2D eigenvalue weighted by atomic mass is 32.2. The van der Waals surface area contributed by atoms with Gasteiger partial charge in [-0.2, -0.15) is 0 Å². The summed E-state index contributed by atoms with van der Waals surface area (Å²) in [5, 5.41) is 0. The lowest BCUT2D eigenvalue weighted by molar-refractivity contribution is -0.131. The van der Waals surface area contributed by atoms with Crippen LogP contribution >= 0.6 is 0 Å². The molecular weight excluding hydrogens is 410 g/mol. The van der Waals surface area contributed by atoms with Gasteiger partial charge in [0, 0.05) is 32.7 Å². The molecule has 1 aliphatic rings. The van der Waals surface area contributed by atoms with Crippen molar-refractivity contribution in [3.05, 3.63) is 71.3 Å². The number of nitrogens with zero attached hydrogens (tertiary/aromatic N) is 3. The number of amides is 1. The highest BCUT2D eigenvalue weighted by molar-refractivity contribution is 7.92. The molecule has 0 aliphatic carbocycles. The minimum Gasteiger partial charge on any atom is -0.339 e. The van der Waals surface area contributed by atoms with E-state index in [-0.39, 0.29) is 12.5 Å². The number of carbonyl (C=O) groups is 1. The van der Waals surface area contributed by atoms with E-state index in [0.717, 1.165) is 37.0 Å². The van der Waals surface area contributed by atoms with Gasteiger partial charge in [-0.15, -0.1) is 0 Å². The van der Waals surface area contributed by atoms with Crippen molar-refractivity contribution in [2.24, 2.45) is 0 Å². The molecule has 2 aromatic carbocycles. The minimum atomic E-state index is -3.57. The summed E-state index contributed by atoms with van der Waals surface area (Å²) in [5.74, 6) is -0.161. The van der Waals surface area contributed by atoms with Crippen LogP contribution in [-0.4, -0.2) is 69.6 Å². The molecule has 0 saturated carbocycles. The highest BCUT2D eigenvalue weighted by Crippen LogP contribution is 2.25. The molecule has 7 heteroatoms. The fourth-order valence-electron chi connectivity index (χ4n) is 3.69. The van der Waals surface area contributed by atoms with Crippen LogP contribution < -0.4 is 4.31 Å². The first-order chi connectivity index (χ1) is 14.8. The highest BCUT2D eigenvalue weighted by Gasteiger charge is 2.27. The van der Waals surface area contributed by atoms with E-state index in [9.17, 15) is 13.2 Å². The first-order valence-electron chi connectivity index (χ1n) is 10.5. The van der Waals surface area contributed by atoms with Crippen molar-refractivity contribution in [3.8, 4) is 0 Å². The van der Waals surface area contributed by atoms with E-state index in [1.54, 1.807) is 11.0 Å². The summed E-state index contributed by atoms with van der Waals surface area (Å²) in [6.45, 7) is 7.22. The molecule has 1 saturated heterocycles. The van der Waals surface area contributed by atoms with Gasteiger partial charge in [-0.3, -0.25) is 14.0 Å². The summed E-state index contributed by atoms with van der Waals surface area (Å²) < 4.78 is 26.1. The first-order valence-corrected chi connectivity index (χ1v) is 12.4. The van der Waals surface area contributed by atoms with Gasteiger partial charge in [-0.05, 0) is 36.6 Å². The van der Waals surface area contributed by atoms with E-state index in [1.165, 1.54) is 9.87 Å². The Hall–Kier alpha value is -2.64. The van der Waals surface area contributed by atoms with Crippen molar-refractivity contribution < 1.29 is 13.2 Å². The van der Waals surface area contributed by atoms with Crippen LogP contribution in [0.4, 0.5) is 5.69 Å². The Labute approximate surface area is 185 Å². The number of piperazine rings is 1. The van der Waals surface area contributed by atoms with Crippen LogP contribution in [0.25, 0.3) is 6.08 Å². The van der Waals surface area contributed by atoms with Gasteiger partial charge in [-0.1, -0.05) is 54.6 Å². The smallest absolute Gasteiger partial charge is 0.243 e. The van der Waals surface area contributed by atoms with Crippen molar-refractivity contribution >= 4 is 27.7 Å². The number of anilines is 1. The molecular formula is C24H31N3O3S. The van der Waals surface area contributed by atoms with E-state index >= 15 is 0 Å². The third-order valence-electron chi connectivity index (χ3n) is 5.72. The second-order valence-electron chi connectivity index (χ2n) is 7.98. The van der Waals surface area contributed by atoms with Crippen LogP contribution in [0.15, 0.2) is 54.6 Å². The maximum atomic E-state index is 12.9. The summed E-state index contributed by atoms with van der Waals surface area (Å²) in [6.07, 6.45) is 5.39. The fourth-order valence-corrected chi connectivity index (χ4v) is 4.59. The van der Waals surface area contributed by atoms with E-state index < -0.39 is 10.0 Å². The Morgan fingerprint density at radius 1 is 1.00 bits per heavy atom. The largest absolute Gasteiger partial charge is 0.339 e. The number of hydrogen-bond donors (Lipinski definition) is 0. The minimum absolute atomic E-state index is 0.161. The number of rotatable bonds is 7. The molecule has 0 atom stereocenters. The number of aryl methyl sites for hydroxylation is 1. The van der Waals surface area contributed by atoms with Crippen LogP contribution in [-0.2, 0) is 14.8 Å². The number of benzene rings is 2. The predicted molar refractivity (Wildman–Crippen MR) is 127 cm³/mol. The third kappa shape index (κ3) is 6.18. The standard InChI is InChI=1S/C24H31N3O3S/c1-20-9-7-13-23(21(20)2)27(31(3,29)30)19-24(28)26-17-15-25(16-18-26)14-8-12-22-10-5-4-6-11-22/h4-13H,14-19H2,1-3H3/b12-8+. The second-order valence-corrected chi connectivity index (χ2v) is 9.89. The molecule has 0 N–H and O–H groups in total. The van der Waals surface area contributed by atoms with Gasteiger partial charge in [0.15, 0.2) is 0 Å². The average molecular weight is 442 g/mol. The lowest BCUT2D eigenvalue weighted by Gasteiger charge is -2.35. The van der Waals surface area contributed by atoms with Crippen LogP contribution in [0.1, 0.15) is 16.7 Å². The van der Waals surface area contributed by atoms with Crippen LogP contribution in [0.3, 0.4) is 0 Å². The summed E-state index contributed by atoms with van der Waals surface area (Å²) >= 11 is 0. The summed E-state index contributed by atoms with van der Waals surface area (Å²) in [7, 11) is -3.57. The Morgan fingerprint density at radius 2 is 1.68 bits per heavy atom. The maximum absolute atomic E-state index is 12.9. The Morgan fingerprint density at radius 3 is 2.32 bits per heavy atom. The quantitative estimate of drug-likeness (QED) is 0.663. The molecule has 6 nitrogen and oxygen atoms in total.